The number of alkyl halides is 3. The van der Waals surface area contributed by atoms with Gasteiger partial charge in [-0.05, 0) is 12.5 Å². The molecule has 2 aromatic rings. The summed E-state index contributed by atoms with van der Waals surface area (Å²) in [7, 11) is 0. The monoisotopic (exact) mass is 271 g/mol. The fourth-order valence-corrected chi connectivity index (χ4v) is 1.76. The molecular weight excluding hydrogens is 259 g/mol. The first-order valence-electron chi connectivity index (χ1n) is 5.75. The molecule has 6 heteroatoms. The molecule has 0 aliphatic heterocycles. The maximum Gasteiger partial charge on any atom is 0.417 e. The summed E-state index contributed by atoms with van der Waals surface area (Å²) in [5.74, 6) is 0.459. The number of aromatic nitrogens is 1. The molecule has 0 radical (unpaired) electrons. The molecule has 0 fully saturated rings. The zero-order valence-electron chi connectivity index (χ0n) is 9.94. The highest BCUT2D eigenvalue weighted by Crippen LogP contribution is 2.36. The number of rotatable bonds is 4. The van der Waals surface area contributed by atoms with Crippen LogP contribution >= 0.6 is 0 Å². The third kappa shape index (κ3) is 3.14. The van der Waals surface area contributed by atoms with E-state index in [4.69, 9.17) is 9.63 Å². The second kappa shape index (κ2) is 5.44. The molecular formula is C13H12F3NO2. The Morgan fingerprint density at radius 2 is 1.95 bits per heavy atom. The molecule has 3 nitrogen and oxygen atoms in total. The van der Waals surface area contributed by atoms with Crippen LogP contribution in [0.3, 0.4) is 0 Å². The normalized spacial score (nSPS) is 11.8. The molecule has 19 heavy (non-hydrogen) atoms. The lowest BCUT2D eigenvalue weighted by molar-refractivity contribution is -0.137. The second-order valence-electron chi connectivity index (χ2n) is 4.05. The van der Waals surface area contributed by atoms with Crippen molar-refractivity contribution in [2.24, 2.45) is 0 Å². The molecule has 1 aromatic carbocycles. The van der Waals surface area contributed by atoms with Crippen molar-refractivity contribution in [3.8, 4) is 11.3 Å². The number of aliphatic hydroxyl groups is 1. The van der Waals surface area contributed by atoms with Gasteiger partial charge in [0.15, 0.2) is 0 Å². The van der Waals surface area contributed by atoms with Crippen LogP contribution in [0.4, 0.5) is 13.2 Å². The predicted octanol–water partition coefficient (Wildman–Crippen LogP) is 3.29. The van der Waals surface area contributed by atoms with Gasteiger partial charge in [-0.1, -0.05) is 23.4 Å². The molecule has 0 aliphatic carbocycles. The van der Waals surface area contributed by atoms with Gasteiger partial charge in [0.25, 0.3) is 0 Å². The molecule has 0 saturated heterocycles. The SMILES string of the molecule is OCCCc1cc(-c2ccccc2C(F)(F)F)no1. The van der Waals surface area contributed by atoms with Crippen molar-refractivity contribution in [2.45, 2.75) is 19.0 Å². The first kappa shape index (κ1) is 13.6. The van der Waals surface area contributed by atoms with E-state index in [2.05, 4.69) is 5.16 Å². The summed E-state index contributed by atoms with van der Waals surface area (Å²) in [6, 6.07) is 6.69. The topological polar surface area (TPSA) is 46.3 Å². The van der Waals surface area contributed by atoms with E-state index in [0.29, 0.717) is 18.6 Å². The molecule has 2 rings (SSSR count). The first-order valence-corrected chi connectivity index (χ1v) is 5.75. The predicted molar refractivity (Wildman–Crippen MR) is 62.3 cm³/mol. The summed E-state index contributed by atoms with van der Waals surface area (Å²) in [5, 5.41) is 12.3. The van der Waals surface area contributed by atoms with E-state index >= 15 is 0 Å². The van der Waals surface area contributed by atoms with Gasteiger partial charge in [0, 0.05) is 24.7 Å². The van der Waals surface area contributed by atoms with Gasteiger partial charge in [-0.25, -0.2) is 0 Å². The molecule has 0 spiro atoms. The lowest BCUT2D eigenvalue weighted by Crippen LogP contribution is -2.06. The number of nitrogens with zero attached hydrogens (tertiary/aromatic N) is 1. The second-order valence-corrected chi connectivity index (χ2v) is 4.05. The van der Waals surface area contributed by atoms with Crippen molar-refractivity contribution in [1.29, 1.82) is 0 Å². The van der Waals surface area contributed by atoms with Gasteiger partial charge in [0.1, 0.15) is 11.5 Å². The Hall–Kier alpha value is -1.82. The number of hydrogen-bond donors (Lipinski definition) is 1. The van der Waals surface area contributed by atoms with Crippen LogP contribution < -0.4 is 0 Å². The summed E-state index contributed by atoms with van der Waals surface area (Å²) >= 11 is 0. The van der Waals surface area contributed by atoms with Crippen LogP contribution in [-0.4, -0.2) is 16.9 Å². The van der Waals surface area contributed by atoms with Gasteiger partial charge in [0.05, 0.1) is 5.56 Å². The maximum atomic E-state index is 12.9. The Morgan fingerprint density at radius 1 is 1.21 bits per heavy atom. The Balaban J connectivity index is 2.34. The van der Waals surface area contributed by atoms with Crippen molar-refractivity contribution in [3.63, 3.8) is 0 Å². The fourth-order valence-electron chi connectivity index (χ4n) is 1.76. The average Bonchev–Trinajstić information content (AvgIpc) is 2.84. The van der Waals surface area contributed by atoms with Gasteiger partial charge in [-0.2, -0.15) is 13.2 Å². The molecule has 0 unspecified atom stereocenters. The quantitative estimate of drug-likeness (QED) is 0.928. The Morgan fingerprint density at radius 3 is 2.63 bits per heavy atom. The van der Waals surface area contributed by atoms with Crippen molar-refractivity contribution in [1.82, 2.24) is 5.16 Å². The zero-order chi connectivity index (χ0) is 13.9. The van der Waals surface area contributed by atoms with E-state index in [0.717, 1.165) is 6.07 Å². The van der Waals surface area contributed by atoms with Crippen LogP contribution in [0.2, 0.25) is 0 Å². The average molecular weight is 271 g/mol. The van der Waals surface area contributed by atoms with E-state index in [-0.39, 0.29) is 17.9 Å². The van der Waals surface area contributed by atoms with Gasteiger partial charge in [0.2, 0.25) is 0 Å². The minimum absolute atomic E-state index is 0.00479. The van der Waals surface area contributed by atoms with E-state index in [1.54, 1.807) is 0 Å². The number of aryl methyl sites for hydroxylation is 1. The summed E-state index contributed by atoms with van der Waals surface area (Å²) in [4.78, 5) is 0. The number of benzene rings is 1. The molecule has 1 aromatic heterocycles. The van der Waals surface area contributed by atoms with Crippen molar-refractivity contribution in [2.75, 3.05) is 6.61 Å². The third-order valence-corrected chi connectivity index (χ3v) is 2.65. The molecule has 0 aliphatic rings. The molecule has 102 valence electrons. The Bertz CT molecular complexity index is 549. The van der Waals surface area contributed by atoms with E-state index in [1.807, 2.05) is 0 Å². The molecule has 0 amide bonds. The number of hydrogen-bond acceptors (Lipinski definition) is 3. The molecule has 0 saturated carbocycles. The van der Waals surface area contributed by atoms with Crippen molar-refractivity contribution >= 4 is 0 Å². The molecule has 0 atom stereocenters. The fraction of sp³-hybridized carbons (Fsp3) is 0.308. The molecule has 0 bridgehead atoms. The highest BCUT2D eigenvalue weighted by molar-refractivity contribution is 5.64. The van der Waals surface area contributed by atoms with Gasteiger partial charge < -0.3 is 9.63 Å². The van der Waals surface area contributed by atoms with Crippen molar-refractivity contribution < 1.29 is 22.8 Å². The number of halogens is 3. The first-order chi connectivity index (χ1) is 9.02. The minimum Gasteiger partial charge on any atom is -0.396 e. The summed E-state index contributed by atoms with van der Waals surface area (Å²) in [5.41, 5.74) is -0.591. The minimum atomic E-state index is -4.43. The summed E-state index contributed by atoms with van der Waals surface area (Å²) < 4.78 is 43.5. The van der Waals surface area contributed by atoms with Crippen LogP contribution in [0.15, 0.2) is 34.9 Å². The summed E-state index contributed by atoms with van der Waals surface area (Å²) in [6.45, 7) is -0.00479. The van der Waals surface area contributed by atoms with Crippen LogP contribution in [0, 0.1) is 0 Å². The van der Waals surface area contributed by atoms with E-state index in [1.165, 1.54) is 24.3 Å². The standard InChI is InChI=1S/C13H12F3NO2/c14-13(15,16)11-6-2-1-5-10(11)12-8-9(19-17-12)4-3-7-18/h1-2,5-6,8,18H,3-4,7H2. The van der Waals surface area contributed by atoms with Crippen LogP contribution in [0.1, 0.15) is 17.7 Å². The number of aliphatic hydroxyl groups excluding tert-OH is 1. The molecule has 1 N–H and O–H groups in total. The van der Waals surface area contributed by atoms with Crippen LogP contribution in [0.5, 0.6) is 0 Å². The smallest absolute Gasteiger partial charge is 0.396 e. The largest absolute Gasteiger partial charge is 0.417 e. The highest BCUT2D eigenvalue weighted by Gasteiger charge is 2.34. The van der Waals surface area contributed by atoms with E-state index < -0.39 is 11.7 Å². The van der Waals surface area contributed by atoms with Gasteiger partial charge in [-0.15, -0.1) is 0 Å². The maximum absolute atomic E-state index is 12.9. The summed E-state index contributed by atoms with van der Waals surface area (Å²) in [6.07, 6.45) is -3.51. The van der Waals surface area contributed by atoms with Crippen LogP contribution in [0.25, 0.3) is 11.3 Å². The highest BCUT2D eigenvalue weighted by atomic mass is 19.4. The Kier molecular flexibility index (Phi) is 3.90. The molecule has 1 heterocycles. The zero-order valence-corrected chi connectivity index (χ0v) is 9.94. The van der Waals surface area contributed by atoms with Gasteiger partial charge >= 0.3 is 6.18 Å². The van der Waals surface area contributed by atoms with Crippen LogP contribution in [-0.2, 0) is 12.6 Å². The third-order valence-electron chi connectivity index (χ3n) is 2.65. The van der Waals surface area contributed by atoms with Gasteiger partial charge in [-0.3, -0.25) is 0 Å². The Labute approximate surface area is 107 Å². The van der Waals surface area contributed by atoms with Crippen molar-refractivity contribution in [3.05, 3.63) is 41.7 Å². The van der Waals surface area contributed by atoms with E-state index in [9.17, 15) is 13.2 Å². The lowest BCUT2D eigenvalue weighted by atomic mass is 10.0. The lowest BCUT2D eigenvalue weighted by Gasteiger charge is -2.10.